The SMILES string of the molecule is COc1cc(OC)c2nc(NC(=O)c3cc4ccccc4cc3OC)sc2c1. The van der Waals surface area contributed by atoms with Gasteiger partial charge in [-0.15, -0.1) is 0 Å². The molecule has 0 spiro atoms. The molecule has 0 aliphatic rings. The number of rotatable bonds is 5. The second-order valence-electron chi connectivity index (χ2n) is 6.05. The summed E-state index contributed by atoms with van der Waals surface area (Å²) in [6.07, 6.45) is 0. The minimum Gasteiger partial charge on any atom is -0.497 e. The zero-order valence-electron chi connectivity index (χ0n) is 15.6. The van der Waals surface area contributed by atoms with Crippen LogP contribution in [0.3, 0.4) is 0 Å². The van der Waals surface area contributed by atoms with Gasteiger partial charge >= 0.3 is 0 Å². The Balaban J connectivity index is 1.71. The predicted octanol–water partition coefficient (Wildman–Crippen LogP) is 4.73. The number of thiazole rings is 1. The van der Waals surface area contributed by atoms with Gasteiger partial charge in [-0.3, -0.25) is 10.1 Å². The van der Waals surface area contributed by atoms with Crippen LogP contribution in [0.4, 0.5) is 5.13 Å². The van der Waals surface area contributed by atoms with E-state index in [1.165, 1.54) is 11.3 Å². The second-order valence-corrected chi connectivity index (χ2v) is 7.08. The van der Waals surface area contributed by atoms with Gasteiger partial charge in [0.15, 0.2) is 5.13 Å². The van der Waals surface area contributed by atoms with E-state index in [2.05, 4.69) is 10.3 Å². The Morgan fingerprint density at radius 1 is 0.929 bits per heavy atom. The van der Waals surface area contributed by atoms with Crippen LogP contribution in [0.5, 0.6) is 17.2 Å². The van der Waals surface area contributed by atoms with Gasteiger partial charge in [-0.05, 0) is 29.0 Å². The number of aromatic nitrogens is 1. The van der Waals surface area contributed by atoms with Crippen molar-refractivity contribution in [3.8, 4) is 17.2 Å². The zero-order chi connectivity index (χ0) is 19.7. The minimum absolute atomic E-state index is 0.285. The lowest BCUT2D eigenvalue weighted by Crippen LogP contribution is -2.13. The number of ether oxygens (including phenoxy) is 3. The van der Waals surface area contributed by atoms with Gasteiger partial charge in [0, 0.05) is 6.07 Å². The van der Waals surface area contributed by atoms with Crippen molar-refractivity contribution in [2.24, 2.45) is 0 Å². The van der Waals surface area contributed by atoms with E-state index in [1.54, 1.807) is 27.4 Å². The first-order valence-electron chi connectivity index (χ1n) is 8.53. The lowest BCUT2D eigenvalue weighted by atomic mass is 10.1. The normalized spacial score (nSPS) is 10.8. The van der Waals surface area contributed by atoms with E-state index in [9.17, 15) is 4.79 Å². The number of nitrogens with zero attached hydrogens (tertiary/aromatic N) is 1. The van der Waals surface area contributed by atoms with Crippen LogP contribution in [0, 0.1) is 0 Å². The number of hydrogen-bond acceptors (Lipinski definition) is 6. The molecular weight excluding hydrogens is 376 g/mol. The standard InChI is InChI=1S/C21H18N2O4S/c1-25-14-10-17(27-3)19-18(11-14)28-21(22-19)23-20(24)15-8-12-6-4-5-7-13(12)9-16(15)26-2/h4-11H,1-3H3,(H,22,23,24). The molecule has 4 rings (SSSR count). The Labute approximate surface area is 165 Å². The fourth-order valence-electron chi connectivity index (χ4n) is 3.03. The number of hydrogen-bond donors (Lipinski definition) is 1. The molecule has 0 saturated carbocycles. The number of nitrogens with one attached hydrogen (secondary N) is 1. The van der Waals surface area contributed by atoms with Gasteiger partial charge in [0.2, 0.25) is 0 Å². The van der Waals surface area contributed by atoms with Crippen LogP contribution in [0.2, 0.25) is 0 Å². The summed E-state index contributed by atoms with van der Waals surface area (Å²) >= 11 is 1.35. The number of carbonyl (C=O) groups is 1. The first-order valence-corrected chi connectivity index (χ1v) is 9.35. The quantitative estimate of drug-likeness (QED) is 0.530. The number of anilines is 1. The largest absolute Gasteiger partial charge is 0.497 e. The Morgan fingerprint density at radius 3 is 2.32 bits per heavy atom. The van der Waals surface area contributed by atoms with Crippen LogP contribution < -0.4 is 19.5 Å². The first kappa shape index (κ1) is 18.1. The van der Waals surface area contributed by atoms with Crippen LogP contribution in [-0.2, 0) is 0 Å². The van der Waals surface area contributed by atoms with Crippen molar-refractivity contribution < 1.29 is 19.0 Å². The molecule has 7 heteroatoms. The molecule has 1 amide bonds. The van der Waals surface area contributed by atoms with Crippen molar-refractivity contribution in [3.63, 3.8) is 0 Å². The van der Waals surface area contributed by atoms with E-state index in [1.807, 2.05) is 42.5 Å². The smallest absolute Gasteiger partial charge is 0.261 e. The number of carbonyl (C=O) groups excluding carboxylic acids is 1. The summed E-state index contributed by atoms with van der Waals surface area (Å²) in [5.41, 5.74) is 1.12. The Hall–Kier alpha value is -3.32. The maximum Gasteiger partial charge on any atom is 0.261 e. The first-order chi connectivity index (χ1) is 13.6. The van der Waals surface area contributed by atoms with Crippen molar-refractivity contribution in [1.29, 1.82) is 0 Å². The Kier molecular flexibility index (Phi) is 4.75. The summed E-state index contributed by atoms with van der Waals surface area (Å²) in [7, 11) is 4.72. The summed E-state index contributed by atoms with van der Waals surface area (Å²) < 4.78 is 17.0. The molecular formula is C21H18N2O4S. The summed E-state index contributed by atoms with van der Waals surface area (Å²) in [6, 6.07) is 15.1. The topological polar surface area (TPSA) is 69.7 Å². The van der Waals surface area contributed by atoms with Crippen LogP contribution in [0.25, 0.3) is 21.0 Å². The molecule has 0 unspecified atom stereocenters. The van der Waals surface area contributed by atoms with Crippen LogP contribution in [0.15, 0.2) is 48.5 Å². The van der Waals surface area contributed by atoms with Gasteiger partial charge in [0.25, 0.3) is 5.91 Å². The maximum atomic E-state index is 12.9. The van der Waals surface area contributed by atoms with Crippen molar-refractivity contribution >= 4 is 43.4 Å². The molecule has 0 saturated heterocycles. The summed E-state index contributed by atoms with van der Waals surface area (Å²) in [4.78, 5) is 17.4. The fraction of sp³-hybridized carbons (Fsp3) is 0.143. The molecule has 0 atom stereocenters. The highest BCUT2D eigenvalue weighted by molar-refractivity contribution is 7.22. The molecule has 1 N–H and O–H groups in total. The molecule has 0 fully saturated rings. The highest BCUT2D eigenvalue weighted by Gasteiger charge is 2.17. The van der Waals surface area contributed by atoms with Crippen molar-refractivity contribution in [2.75, 3.05) is 26.6 Å². The summed E-state index contributed by atoms with van der Waals surface area (Å²) in [5.74, 6) is 1.49. The van der Waals surface area contributed by atoms with Crippen molar-refractivity contribution in [3.05, 3.63) is 54.1 Å². The molecule has 28 heavy (non-hydrogen) atoms. The molecule has 6 nitrogen and oxygen atoms in total. The van der Waals surface area contributed by atoms with E-state index in [4.69, 9.17) is 14.2 Å². The van der Waals surface area contributed by atoms with E-state index in [0.29, 0.717) is 33.5 Å². The van der Waals surface area contributed by atoms with Gasteiger partial charge in [0.1, 0.15) is 22.8 Å². The number of methoxy groups -OCH3 is 3. The zero-order valence-corrected chi connectivity index (χ0v) is 16.4. The van der Waals surface area contributed by atoms with Crippen molar-refractivity contribution in [1.82, 2.24) is 4.98 Å². The third-order valence-electron chi connectivity index (χ3n) is 4.42. The lowest BCUT2D eigenvalue weighted by Gasteiger charge is -2.10. The molecule has 0 aliphatic heterocycles. The van der Waals surface area contributed by atoms with Crippen LogP contribution in [0.1, 0.15) is 10.4 Å². The maximum absolute atomic E-state index is 12.9. The molecule has 0 radical (unpaired) electrons. The van der Waals surface area contributed by atoms with E-state index in [-0.39, 0.29) is 5.91 Å². The highest BCUT2D eigenvalue weighted by atomic mass is 32.1. The fourth-order valence-corrected chi connectivity index (χ4v) is 3.94. The van der Waals surface area contributed by atoms with Crippen LogP contribution in [-0.4, -0.2) is 32.2 Å². The minimum atomic E-state index is -0.285. The monoisotopic (exact) mass is 394 g/mol. The third kappa shape index (κ3) is 3.20. The second kappa shape index (κ2) is 7.36. The van der Waals surface area contributed by atoms with Crippen LogP contribution >= 0.6 is 11.3 Å². The average molecular weight is 394 g/mol. The third-order valence-corrected chi connectivity index (χ3v) is 5.34. The lowest BCUT2D eigenvalue weighted by molar-refractivity contribution is 0.102. The average Bonchev–Trinajstić information content (AvgIpc) is 3.13. The number of amides is 1. The molecule has 0 aliphatic carbocycles. The van der Waals surface area contributed by atoms with E-state index >= 15 is 0 Å². The van der Waals surface area contributed by atoms with Gasteiger partial charge < -0.3 is 14.2 Å². The number of benzene rings is 3. The molecule has 4 aromatic rings. The van der Waals surface area contributed by atoms with Gasteiger partial charge in [0.05, 0.1) is 31.6 Å². The highest BCUT2D eigenvalue weighted by Crippen LogP contribution is 2.36. The van der Waals surface area contributed by atoms with E-state index < -0.39 is 0 Å². The van der Waals surface area contributed by atoms with Crippen molar-refractivity contribution in [2.45, 2.75) is 0 Å². The Bertz CT molecular complexity index is 1190. The molecule has 142 valence electrons. The molecule has 1 aromatic heterocycles. The summed E-state index contributed by atoms with van der Waals surface area (Å²) in [5, 5.41) is 5.31. The molecule has 1 heterocycles. The van der Waals surface area contributed by atoms with Gasteiger partial charge in [-0.1, -0.05) is 35.6 Å². The predicted molar refractivity (Wildman–Crippen MR) is 111 cm³/mol. The van der Waals surface area contributed by atoms with Gasteiger partial charge in [-0.25, -0.2) is 4.98 Å². The Morgan fingerprint density at radius 2 is 1.64 bits per heavy atom. The molecule has 0 bridgehead atoms. The van der Waals surface area contributed by atoms with Gasteiger partial charge in [-0.2, -0.15) is 0 Å². The molecule has 3 aromatic carbocycles. The summed E-state index contributed by atoms with van der Waals surface area (Å²) in [6.45, 7) is 0. The number of fused-ring (bicyclic) bond motifs is 2. The van der Waals surface area contributed by atoms with E-state index in [0.717, 1.165) is 15.5 Å².